The Morgan fingerprint density at radius 2 is 1.64 bits per heavy atom. The van der Waals surface area contributed by atoms with Crippen molar-refractivity contribution in [3.63, 3.8) is 0 Å². The molecule has 14 heavy (non-hydrogen) atoms. The average Bonchev–Trinajstić information content (AvgIpc) is 2.71. The molecule has 0 radical (unpaired) electrons. The highest BCUT2D eigenvalue weighted by atomic mass is 16.3. The molecular formula is C12H13NO. The van der Waals surface area contributed by atoms with Crippen LogP contribution in [0.15, 0.2) is 47.3 Å². The maximum Gasteiger partial charge on any atom is 0.0980 e. The fraction of sp³-hybridized carbons (Fsp3) is 0.167. The van der Waals surface area contributed by atoms with Crippen LogP contribution in [-0.4, -0.2) is 14.1 Å². The van der Waals surface area contributed by atoms with Crippen molar-refractivity contribution in [3.8, 4) is 11.1 Å². The van der Waals surface area contributed by atoms with E-state index in [1.165, 1.54) is 11.3 Å². The first-order valence-corrected chi connectivity index (χ1v) is 4.57. The Hall–Kier alpha value is -1.70. The fourth-order valence-electron chi connectivity index (χ4n) is 1.38. The lowest BCUT2D eigenvalue weighted by atomic mass is 10.1. The van der Waals surface area contributed by atoms with Gasteiger partial charge in [0.1, 0.15) is 0 Å². The van der Waals surface area contributed by atoms with Gasteiger partial charge in [0.25, 0.3) is 0 Å². The van der Waals surface area contributed by atoms with Gasteiger partial charge in [-0.05, 0) is 23.8 Å². The zero-order valence-corrected chi connectivity index (χ0v) is 8.40. The van der Waals surface area contributed by atoms with Gasteiger partial charge in [0.2, 0.25) is 0 Å². The van der Waals surface area contributed by atoms with E-state index in [-0.39, 0.29) is 0 Å². The van der Waals surface area contributed by atoms with E-state index in [0.29, 0.717) is 0 Å². The molecule has 1 aromatic carbocycles. The lowest BCUT2D eigenvalue weighted by Crippen LogP contribution is -2.07. The highest BCUT2D eigenvalue weighted by molar-refractivity contribution is 5.65. The van der Waals surface area contributed by atoms with Gasteiger partial charge in [0.15, 0.2) is 0 Å². The van der Waals surface area contributed by atoms with Crippen molar-refractivity contribution in [2.24, 2.45) is 0 Å². The molecule has 1 aromatic heterocycles. The molecule has 2 heteroatoms. The molecule has 0 aliphatic carbocycles. The number of rotatable bonds is 2. The van der Waals surface area contributed by atoms with E-state index in [1.807, 2.05) is 20.2 Å². The molecule has 0 unspecified atom stereocenters. The summed E-state index contributed by atoms with van der Waals surface area (Å²) in [7, 11) is 4.07. The molecule has 0 aliphatic rings. The molecule has 0 fully saturated rings. The zero-order chi connectivity index (χ0) is 9.97. The first-order valence-electron chi connectivity index (χ1n) is 4.57. The van der Waals surface area contributed by atoms with E-state index < -0.39 is 0 Å². The van der Waals surface area contributed by atoms with Crippen molar-refractivity contribution in [1.29, 1.82) is 0 Å². The monoisotopic (exact) mass is 187 g/mol. The summed E-state index contributed by atoms with van der Waals surface area (Å²) >= 11 is 0. The van der Waals surface area contributed by atoms with E-state index in [9.17, 15) is 0 Å². The molecule has 1 heterocycles. The largest absolute Gasteiger partial charge is 0.472 e. The van der Waals surface area contributed by atoms with Gasteiger partial charge in [-0.15, -0.1) is 0 Å². The molecule has 0 amide bonds. The van der Waals surface area contributed by atoms with E-state index in [2.05, 4.69) is 29.2 Å². The van der Waals surface area contributed by atoms with Crippen LogP contribution in [0.5, 0.6) is 0 Å². The standard InChI is InChI=1S/C12H13NO/c1-13(2)12-5-3-10(4-6-12)11-7-8-14-9-11/h3-9H,1-2H3. The van der Waals surface area contributed by atoms with Gasteiger partial charge >= 0.3 is 0 Å². The molecule has 0 spiro atoms. The van der Waals surface area contributed by atoms with Crippen LogP contribution >= 0.6 is 0 Å². The average molecular weight is 187 g/mol. The van der Waals surface area contributed by atoms with Crippen molar-refractivity contribution < 1.29 is 4.42 Å². The van der Waals surface area contributed by atoms with Crippen molar-refractivity contribution in [3.05, 3.63) is 42.9 Å². The molecule has 0 N–H and O–H groups in total. The lowest BCUT2D eigenvalue weighted by Gasteiger charge is -2.12. The Balaban J connectivity index is 2.31. The Kier molecular flexibility index (Phi) is 2.27. The molecule has 0 bridgehead atoms. The molecular weight excluding hydrogens is 174 g/mol. The molecule has 2 nitrogen and oxygen atoms in total. The Bertz CT molecular complexity index is 387. The van der Waals surface area contributed by atoms with Gasteiger partial charge < -0.3 is 9.32 Å². The summed E-state index contributed by atoms with van der Waals surface area (Å²) < 4.78 is 5.04. The second kappa shape index (κ2) is 3.58. The third kappa shape index (κ3) is 1.64. The number of anilines is 1. The lowest BCUT2D eigenvalue weighted by molar-refractivity contribution is 0.568. The molecule has 0 saturated carbocycles. The summed E-state index contributed by atoms with van der Waals surface area (Å²) in [5.74, 6) is 0. The van der Waals surface area contributed by atoms with Gasteiger partial charge in [0.05, 0.1) is 12.5 Å². The van der Waals surface area contributed by atoms with Crippen molar-refractivity contribution in [1.82, 2.24) is 0 Å². The number of hydrogen-bond acceptors (Lipinski definition) is 2. The maximum absolute atomic E-state index is 5.04. The minimum absolute atomic E-state index is 1.12. The van der Waals surface area contributed by atoms with E-state index in [0.717, 1.165) is 5.56 Å². The summed E-state index contributed by atoms with van der Waals surface area (Å²) in [5, 5.41) is 0. The SMILES string of the molecule is CN(C)c1ccc(-c2ccoc2)cc1. The first kappa shape index (κ1) is 8.88. The van der Waals surface area contributed by atoms with Gasteiger partial charge in [-0.2, -0.15) is 0 Å². The van der Waals surface area contributed by atoms with Crippen LogP contribution in [-0.2, 0) is 0 Å². The van der Waals surface area contributed by atoms with Crippen LogP contribution in [0.4, 0.5) is 5.69 Å². The second-order valence-electron chi connectivity index (χ2n) is 3.45. The minimum atomic E-state index is 1.12. The van der Waals surface area contributed by atoms with Crippen LogP contribution in [0.1, 0.15) is 0 Å². The van der Waals surface area contributed by atoms with Gasteiger partial charge in [-0.25, -0.2) is 0 Å². The molecule has 2 rings (SSSR count). The van der Waals surface area contributed by atoms with Crippen LogP contribution in [0.25, 0.3) is 11.1 Å². The van der Waals surface area contributed by atoms with Crippen LogP contribution in [0.3, 0.4) is 0 Å². The summed E-state index contributed by atoms with van der Waals surface area (Å²) in [6.07, 6.45) is 3.44. The van der Waals surface area contributed by atoms with Crippen LogP contribution in [0, 0.1) is 0 Å². The van der Waals surface area contributed by atoms with E-state index >= 15 is 0 Å². The predicted molar refractivity (Wildman–Crippen MR) is 58.5 cm³/mol. The third-order valence-electron chi connectivity index (χ3n) is 2.24. The summed E-state index contributed by atoms with van der Waals surface area (Å²) in [4.78, 5) is 2.08. The van der Waals surface area contributed by atoms with Crippen molar-refractivity contribution in [2.45, 2.75) is 0 Å². The number of benzene rings is 1. The smallest absolute Gasteiger partial charge is 0.0980 e. The topological polar surface area (TPSA) is 16.4 Å². The minimum Gasteiger partial charge on any atom is -0.472 e. The molecule has 72 valence electrons. The quantitative estimate of drug-likeness (QED) is 0.718. The van der Waals surface area contributed by atoms with E-state index in [4.69, 9.17) is 4.42 Å². The zero-order valence-electron chi connectivity index (χ0n) is 8.40. The number of nitrogens with zero attached hydrogens (tertiary/aromatic N) is 1. The molecule has 0 saturated heterocycles. The van der Waals surface area contributed by atoms with Crippen LogP contribution in [0.2, 0.25) is 0 Å². The van der Waals surface area contributed by atoms with Crippen LogP contribution < -0.4 is 4.90 Å². The summed E-state index contributed by atoms with van der Waals surface area (Å²) in [5.41, 5.74) is 3.51. The van der Waals surface area contributed by atoms with Gasteiger partial charge in [0, 0.05) is 25.3 Å². The summed E-state index contributed by atoms with van der Waals surface area (Å²) in [6, 6.07) is 10.4. The maximum atomic E-state index is 5.04. The molecule has 0 atom stereocenters. The van der Waals surface area contributed by atoms with Crippen molar-refractivity contribution >= 4 is 5.69 Å². The number of hydrogen-bond donors (Lipinski definition) is 0. The van der Waals surface area contributed by atoms with Gasteiger partial charge in [-0.3, -0.25) is 0 Å². The molecule has 0 aliphatic heterocycles. The highest BCUT2D eigenvalue weighted by Crippen LogP contribution is 2.22. The summed E-state index contributed by atoms with van der Waals surface area (Å²) in [6.45, 7) is 0. The second-order valence-corrected chi connectivity index (χ2v) is 3.45. The third-order valence-corrected chi connectivity index (χ3v) is 2.24. The number of furan rings is 1. The Labute approximate surface area is 83.8 Å². The fourth-order valence-corrected chi connectivity index (χ4v) is 1.38. The Morgan fingerprint density at radius 1 is 0.929 bits per heavy atom. The highest BCUT2D eigenvalue weighted by Gasteiger charge is 1.99. The predicted octanol–water partition coefficient (Wildman–Crippen LogP) is 3.01. The van der Waals surface area contributed by atoms with Crippen molar-refractivity contribution in [2.75, 3.05) is 19.0 Å². The molecule has 2 aromatic rings. The normalized spacial score (nSPS) is 10.1. The Morgan fingerprint density at radius 3 is 2.14 bits per heavy atom. The van der Waals surface area contributed by atoms with Gasteiger partial charge in [-0.1, -0.05) is 12.1 Å². The first-order chi connectivity index (χ1) is 6.77. The van der Waals surface area contributed by atoms with E-state index in [1.54, 1.807) is 12.5 Å².